The number of piperazine rings is 2. The van der Waals surface area contributed by atoms with Gasteiger partial charge in [-0.25, -0.2) is 66.8 Å². The highest BCUT2D eigenvalue weighted by atomic mass is 19.1. The quantitative estimate of drug-likeness (QED) is 0.105. The summed E-state index contributed by atoms with van der Waals surface area (Å²) in [6.07, 6.45) is 26.9. The average molecular weight is 2010 g/mol. The summed E-state index contributed by atoms with van der Waals surface area (Å²) >= 11 is 0. The number of aromatic nitrogens is 17. The number of fused-ring (bicyclic) bond motifs is 9. The summed E-state index contributed by atoms with van der Waals surface area (Å²) in [5, 5.41) is 3.28. The van der Waals surface area contributed by atoms with E-state index in [0.29, 0.717) is 114 Å². The monoisotopic (exact) mass is 2000 g/mol. The van der Waals surface area contributed by atoms with E-state index in [4.69, 9.17) is 14.1 Å². The topological polar surface area (TPSA) is 297 Å². The zero-order chi connectivity index (χ0) is 103. The van der Waals surface area contributed by atoms with Crippen molar-refractivity contribution in [1.29, 1.82) is 0 Å². The molecule has 2 aromatic carbocycles. The number of hydrogen-bond donors (Lipinski definition) is 1. The van der Waals surface area contributed by atoms with Crippen LogP contribution >= 0.6 is 0 Å². The lowest BCUT2D eigenvalue weighted by Crippen LogP contribution is -2.50. The molecule has 0 amide bonds. The highest BCUT2D eigenvalue weighted by Crippen LogP contribution is 2.34. The van der Waals surface area contributed by atoms with E-state index in [0.717, 1.165) is 162 Å². The van der Waals surface area contributed by atoms with Gasteiger partial charge in [-0.1, -0.05) is 12.1 Å². The van der Waals surface area contributed by atoms with Gasteiger partial charge in [-0.2, -0.15) is 0 Å². The molecule has 17 aromatic heterocycles. The Morgan fingerprint density at radius 2 is 0.757 bits per heavy atom. The second-order valence-electron chi connectivity index (χ2n) is 39.1. The van der Waals surface area contributed by atoms with Crippen LogP contribution in [0.1, 0.15) is 74.5 Å². The van der Waals surface area contributed by atoms with Crippen LogP contribution in [0, 0.1) is 56.8 Å². The molecule has 0 radical (unpaired) electrons. The third-order valence-electron chi connectivity index (χ3n) is 28.5. The van der Waals surface area contributed by atoms with Gasteiger partial charge in [0.1, 0.15) is 39.6 Å². The second-order valence-corrected chi connectivity index (χ2v) is 39.1. The van der Waals surface area contributed by atoms with Crippen LogP contribution in [0.15, 0.2) is 242 Å². The summed E-state index contributed by atoms with van der Waals surface area (Å²) in [5.41, 5.74) is 15.7. The van der Waals surface area contributed by atoms with Crippen molar-refractivity contribution in [1.82, 2.24) is 105 Å². The minimum absolute atomic E-state index is 0.143. The van der Waals surface area contributed by atoms with Crippen molar-refractivity contribution < 1.29 is 31.1 Å². The number of rotatable bonds is 13. The minimum Gasteiger partial charge on any atom is -0.494 e. The van der Waals surface area contributed by atoms with Crippen LogP contribution in [0.4, 0.5) is 44.8 Å². The largest absolute Gasteiger partial charge is 0.494 e. The van der Waals surface area contributed by atoms with Crippen molar-refractivity contribution >= 4 is 84.7 Å². The maximum atomic E-state index is 14.5. The van der Waals surface area contributed by atoms with Crippen molar-refractivity contribution in [2.24, 2.45) is 0 Å². The summed E-state index contributed by atoms with van der Waals surface area (Å²) in [5.74, 6) is -0.969. The Balaban J connectivity index is 0.000000112. The fourth-order valence-electron chi connectivity index (χ4n) is 19.9. The maximum Gasteiger partial charge on any atom is 0.259 e. The van der Waals surface area contributed by atoms with E-state index in [1.165, 1.54) is 76.1 Å². The summed E-state index contributed by atoms with van der Waals surface area (Å²) < 4.78 is 94.9. The minimum atomic E-state index is -0.500. The molecular weight excluding hydrogens is 1890 g/mol. The molecule has 148 heavy (non-hydrogen) atoms. The molecule has 4 fully saturated rings. The predicted octanol–water partition coefficient (Wildman–Crippen LogP) is 14.5. The van der Waals surface area contributed by atoms with Gasteiger partial charge in [-0.3, -0.25) is 46.0 Å². The van der Waals surface area contributed by atoms with Gasteiger partial charge < -0.3 is 66.9 Å². The zero-order valence-electron chi connectivity index (χ0n) is 84.5. The standard InChI is InChI=1S/C23H25FN6O.2C22H23FN6O.C22H25FN4O2.C21H17FN4O2/c1-15-12-29-13-16(10-19(24)23(29)25-15)20-11-22(31)30-14-18(4-5-21(30)26-20)28-8-6-17(7-9-28)27(2)3;2*1-14-10-28-12-16(8-18(23)22(28)24-14)19-9-21(30)29-13-17(4-5-20(29)25-19)27-7-6-26(3)15(2)11-27;1-25(2)17-8-10-26(11-9-17)21-13-22(28)27-14-16(5-7-20(27)24-21)15-4-6-19(29-3)18(23)12-15;1-12-24-21-16(22)8-15(9-18(21)28-12)17-10-20(27)26-11-14(2-3-19(26)25-17)13-4-6-23-7-5-13/h4-5,10-14,17H,6-9H2,1-3H3;2*4-5,8-10,12-13,15H,6-7,11H2,1-3H3;4-7,12-14,17H,8-11H2,1-3H3;2-4,8-11,23H,5-7H2,1H3/t;2*15-;;/m.10../s1. The number of nitrogens with zero attached hydrogens (tertiary/aromatic N) is 25. The number of aryl methyl sites for hydroxylation is 4. The van der Waals surface area contributed by atoms with Crippen molar-refractivity contribution in [2.75, 3.05) is 148 Å². The van der Waals surface area contributed by atoms with Crippen LogP contribution in [0.3, 0.4) is 0 Å². The number of ether oxygens (including phenoxy) is 1. The average Bonchev–Trinajstić information content (AvgIpc) is 1.52. The smallest absolute Gasteiger partial charge is 0.259 e. The first kappa shape index (κ1) is 99.3. The van der Waals surface area contributed by atoms with Crippen molar-refractivity contribution in [3.63, 3.8) is 0 Å². The maximum absolute atomic E-state index is 14.5. The molecule has 0 bridgehead atoms. The summed E-state index contributed by atoms with van der Waals surface area (Å²) in [6.45, 7) is 22.5. The van der Waals surface area contributed by atoms with Gasteiger partial charge in [0.25, 0.3) is 27.8 Å². The molecule has 5 aliphatic rings. The van der Waals surface area contributed by atoms with Gasteiger partial charge in [-0.15, -0.1) is 0 Å². The zero-order valence-corrected chi connectivity index (χ0v) is 84.5. The lowest BCUT2D eigenvalue weighted by Gasteiger charge is -2.39. The highest BCUT2D eigenvalue weighted by molar-refractivity contribution is 5.81. The van der Waals surface area contributed by atoms with E-state index in [9.17, 15) is 45.9 Å². The Morgan fingerprint density at radius 3 is 1.18 bits per heavy atom. The number of hydrogen-bond acceptors (Lipinski definition) is 25. The predicted molar refractivity (Wildman–Crippen MR) is 566 cm³/mol. The van der Waals surface area contributed by atoms with Gasteiger partial charge in [0.15, 0.2) is 63.3 Å². The number of oxazole rings is 1. The molecule has 0 saturated carbocycles. The second kappa shape index (κ2) is 41.5. The molecule has 24 rings (SSSR count). The van der Waals surface area contributed by atoms with E-state index in [-0.39, 0.29) is 56.0 Å². The van der Waals surface area contributed by atoms with E-state index in [1.54, 1.807) is 107 Å². The number of likely N-dealkylation sites (N-methyl/N-ethyl adjacent to an activating group) is 2. The van der Waals surface area contributed by atoms with Gasteiger partial charge in [0, 0.05) is 224 Å². The molecule has 0 unspecified atom stereocenters. The van der Waals surface area contributed by atoms with Crippen LogP contribution in [-0.2, 0) is 0 Å². The molecule has 0 aliphatic carbocycles. The van der Waals surface area contributed by atoms with E-state index >= 15 is 0 Å². The molecule has 0 spiro atoms. The number of methoxy groups -OCH3 is 1. The fraction of sp³-hybridized carbons (Fsp3) is 0.309. The first-order chi connectivity index (χ1) is 71.2. The van der Waals surface area contributed by atoms with E-state index < -0.39 is 29.1 Å². The first-order valence-electron chi connectivity index (χ1n) is 49.4. The van der Waals surface area contributed by atoms with Gasteiger partial charge >= 0.3 is 0 Å². The van der Waals surface area contributed by atoms with Crippen LogP contribution in [0.2, 0.25) is 0 Å². The van der Waals surface area contributed by atoms with Crippen LogP contribution in [0.5, 0.6) is 5.75 Å². The molecule has 5 aliphatic heterocycles. The fourth-order valence-corrected chi connectivity index (χ4v) is 19.9. The third kappa shape index (κ3) is 20.9. The molecule has 38 heteroatoms. The molecule has 2 atom stereocenters. The number of nitrogens with one attached hydrogen (secondary N) is 1. The first-order valence-corrected chi connectivity index (χ1v) is 49.4. The number of anilines is 4. The van der Waals surface area contributed by atoms with Gasteiger partial charge in [0.2, 0.25) is 0 Å². The van der Waals surface area contributed by atoms with Gasteiger partial charge in [0.05, 0.1) is 64.0 Å². The lowest BCUT2D eigenvalue weighted by molar-refractivity contribution is 0.234. The third-order valence-corrected chi connectivity index (χ3v) is 28.5. The Hall–Kier alpha value is -16.0. The number of piperidine rings is 2. The Bertz CT molecular complexity index is 8500. The van der Waals surface area contributed by atoms with Crippen molar-refractivity contribution in [2.45, 2.75) is 97.8 Å². The normalized spacial score (nSPS) is 16.2. The number of pyridine rings is 8. The molecule has 1 N–H and O–H groups in total. The van der Waals surface area contributed by atoms with Crippen LogP contribution in [0.25, 0.3) is 118 Å². The Kier molecular flexibility index (Phi) is 27.8. The van der Waals surface area contributed by atoms with Crippen LogP contribution in [-0.4, -0.2) is 252 Å². The lowest BCUT2D eigenvalue weighted by atomic mass is 10.0. The number of imidazole rings is 3. The highest BCUT2D eigenvalue weighted by Gasteiger charge is 2.29. The SMILES string of the molecule is COc1ccc(-c2ccc3nc(N4CCC(N(C)C)CC4)cc(=O)n3c2)cc1F.Cc1cn2cc(-c3cc(=O)n4cc(N5CCC(N(C)C)CC5)ccc4n3)cc(F)c2n1.Cc1cn2cc(-c3cc(=O)n4cc(N5CCN(C)[C@@H](C)C5)ccc4n3)cc(F)c2n1.Cc1cn2cc(-c3cc(=O)n4cc(N5CCN(C)[C@H](C)C5)ccc4n3)cc(F)c2n1.Cc1nc2c(F)cc(-c3cc(=O)n4cc(C5=CCNCC5)ccc4n3)cc2o1. The molecule has 760 valence electrons. The van der Waals surface area contributed by atoms with Gasteiger partial charge in [-0.05, 0) is 241 Å². The molecule has 22 heterocycles. The molecular formula is C110H113F5N26O7. The summed E-state index contributed by atoms with van der Waals surface area (Å²) in [4.78, 5) is 122. The number of halogens is 5. The van der Waals surface area contributed by atoms with E-state index in [1.807, 2.05) is 100 Å². The Labute approximate surface area is 846 Å². The molecule has 4 saturated heterocycles. The summed E-state index contributed by atoms with van der Waals surface area (Å²) in [6, 6.07) is 40.3. The van der Waals surface area contributed by atoms with Crippen molar-refractivity contribution in [3.8, 4) is 61.9 Å². The van der Waals surface area contributed by atoms with Crippen molar-refractivity contribution in [3.05, 3.63) is 323 Å². The van der Waals surface area contributed by atoms with Crippen LogP contribution < -0.4 is 57.4 Å². The molecule has 19 aromatic rings. The summed E-state index contributed by atoms with van der Waals surface area (Å²) in [7, 11) is 14.1. The number of benzene rings is 2. The van der Waals surface area contributed by atoms with E-state index in [2.05, 4.69) is 147 Å². The molecule has 33 nitrogen and oxygen atoms in total. The Morgan fingerprint density at radius 1 is 0.372 bits per heavy atom.